The molecule has 0 aliphatic carbocycles. The number of rotatable bonds is 4. The molecule has 0 radical (unpaired) electrons. The largest absolute Gasteiger partial charge is 0.303 e. The molecular formula is C14H13NO. The van der Waals surface area contributed by atoms with E-state index in [1.54, 1.807) is 6.20 Å². The average molecular weight is 211 g/mol. The van der Waals surface area contributed by atoms with Crippen LogP contribution in [0.4, 0.5) is 0 Å². The smallest absolute Gasteiger partial charge is 0.120 e. The Balaban J connectivity index is 2.36. The van der Waals surface area contributed by atoms with Gasteiger partial charge in [-0.15, -0.1) is 0 Å². The Morgan fingerprint density at radius 3 is 2.62 bits per heavy atom. The maximum absolute atomic E-state index is 10.4. The number of hydrogen-bond acceptors (Lipinski definition) is 2. The molecule has 0 spiro atoms. The fraction of sp³-hybridized carbons (Fsp3) is 0.143. The summed E-state index contributed by atoms with van der Waals surface area (Å²) in [6, 6.07) is 13.9. The van der Waals surface area contributed by atoms with Crippen molar-refractivity contribution in [3.05, 3.63) is 54.2 Å². The van der Waals surface area contributed by atoms with Gasteiger partial charge >= 0.3 is 0 Å². The number of hydrogen-bond donors (Lipinski definition) is 0. The lowest BCUT2D eigenvalue weighted by Crippen LogP contribution is -1.92. The monoisotopic (exact) mass is 211 g/mol. The number of aldehydes is 1. The lowest BCUT2D eigenvalue weighted by Gasteiger charge is -2.06. The zero-order chi connectivity index (χ0) is 11.2. The number of carbonyl (C=O) groups excluding carboxylic acids is 1. The van der Waals surface area contributed by atoms with E-state index in [1.165, 1.54) is 5.56 Å². The van der Waals surface area contributed by atoms with Crippen molar-refractivity contribution in [2.45, 2.75) is 12.8 Å². The first-order valence-corrected chi connectivity index (χ1v) is 5.35. The number of aryl methyl sites for hydroxylation is 1. The van der Waals surface area contributed by atoms with Crippen molar-refractivity contribution < 1.29 is 4.79 Å². The van der Waals surface area contributed by atoms with Crippen LogP contribution in [-0.4, -0.2) is 11.3 Å². The van der Waals surface area contributed by atoms with Crippen LogP contribution < -0.4 is 0 Å². The topological polar surface area (TPSA) is 30.0 Å². The first-order chi connectivity index (χ1) is 7.92. The van der Waals surface area contributed by atoms with Gasteiger partial charge in [0.15, 0.2) is 0 Å². The summed E-state index contributed by atoms with van der Waals surface area (Å²) < 4.78 is 0. The molecule has 80 valence electrons. The van der Waals surface area contributed by atoms with Crippen molar-refractivity contribution >= 4 is 6.29 Å². The number of benzene rings is 1. The Labute approximate surface area is 95.0 Å². The van der Waals surface area contributed by atoms with Gasteiger partial charge in [0.2, 0.25) is 0 Å². The molecule has 0 unspecified atom stereocenters. The van der Waals surface area contributed by atoms with E-state index >= 15 is 0 Å². The molecule has 2 rings (SSSR count). The lowest BCUT2D eigenvalue weighted by molar-refractivity contribution is -0.107. The molecule has 1 aromatic heterocycles. The summed E-state index contributed by atoms with van der Waals surface area (Å²) in [6.45, 7) is 0. The maximum Gasteiger partial charge on any atom is 0.120 e. The highest BCUT2D eigenvalue weighted by atomic mass is 16.1. The van der Waals surface area contributed by atoms with Crippen LogP contribution in [0.5, 0.6) is 0 Å². The van der Waals surface area contributed by atoms with Crippen molar-refractivity contribution in [1.82, 2.24) is 4.98 Å². The van der Waals surface area contributed by atoms with E-state index < -0.39 is 0 Å². The van der Waals surface area contributed by atoms with Crippen LogP contribution >= 0.6 is 0 Å². The summed E-state index contributed by atoms with van der Waals surface area (Å²) in [5, 5.41) is 0. The first-order valence-electron chi connectivity index (χ1n) is 5.35. The molecular weight excluding hydrogens is 198 g/mol. The summed E-state index contributed by atoms with van der Waals surface area (Å²) in [7, 11) is 0. The molecule has 0 atom stereocenters. The molecule has 0 amide bonds. The Morgan fingerprint density at radius 2 is 1.88 bits per heavy atom. The van der Waals surface area contributed by atoms with Gasteiger partial charge in [-0.1, -0.05) is 30.3 Å². The molecule has 0 N–H and O–H groups in total. The zero-order valence-corrected chi connectivity index (χ0v) is 8.97. The van der Waals surface area contributed by atoms with E-state index in [9.17, 15) is 4.79 Å². The second kappa shape index (κ2) is 5.21. The maximum atomic E-state index is 10.4. The van der Waals surface area contributed by atoms with Gasteiger partial charge in [0, 0.05) is 18.2 Å². The molecule has 0 aliphatic heterocycles. The minimum Gasteiger partial charge on any atom is -0.303 e. The lowest BCUT2D eigenvalue weighted by atomic mass is 10.0. The van der Waals surface area contributed by atoms with Gasteiger partial charge in [0.25, 0.3) is 0 Å². The molecule has 2 nitrogen and oxygen atoms in total. The minimum absolute atomic E-state index is 0.559. The zero-order valence-electron chi connectivity index (χ0n) is 8.97. The first kappa shape index (κ1) is 10.6. The van der Waals surface area contributed by atoms with Crippen LogP contribution in [0.2, 0.25) is 0 Å². The van der Waals surface area contributed by atoms with Crippen molar-refractivity contribution in [2.24, 2.45) is 0 Å². The summed E-state index contributed by atoms with van der Waals surface area (Å²) >= 11 is 0. The fourth-order valence-electron chi connectivity index (χ4n) is 1.72. The molecule has 2 heteroatoms. The van der Waals surface area contributed by atoms with Gasteiger partial charge in [-0.25, -0.2) is 0 Å². The summed E-state index contributed by atoms with van der Waals surface area (Å²) in [6.07, 6.45) is 4.07. The van der Waals surface area contributed by atoms with Gasteiger partial charge < -0.3 is 4.79 Å². The van der Waals surface area contributed by atoms with Crippen LogP contribution in [0.15, 0.2) is 48.7 Å². The van der Waals surface area contributed by atoms with Gasteiger partial charge in [-0.05, 0) is 24.1 Å². The fourth-order valence-corrected chi connectivity index (χ4v) is 1.72. The standard InChI is InChI=1S/C14H13NO/c16-11-5-7-12-6-1-2-8-13(12)14-9-3-4-10-15-14/h1-4,6,8-11H,5,7H2. The highest BCUT2D eigenvalue weighted by Gasteiger charge is 2.04. The SMILES string of the molecule is O=CCCc1ccccc1-c1ccccn1. The van der Waals surface area contributed by atoms with Gasteiger partial charge in [-0.3, -0.25) is 4.98 Å². The third-order valence-electron chi connectivity index (χ3n) is 2.49. The predicted octanol–water partition coefficient (Wildman–Crippen LogP) is 2.88. The number of pyridine rings is 1. The van der Waals surface area contributed by atoms with E-state index in [-0.39, 0.29) is 0 Å². The number of aromatic nitrogens is 1. The van der Waals surface area contributed by atoms with Crippen molar-refractivity contribution in [3.8, 4) is 11.3 Å². The van der Waals surface area contributed by atoms with Gasteiger partial charge in [-0.2, -0.15) is 0 Å². The normalized spacial score (nSPS) is 10.0. The summed E-state index contributed by atoms with van der Waals surface area (Å²) in [4.78, 5) is 14.7. The molecule has 0 fully saturated rings. The number of carbonyl (C=O) groups is 1. The highest BCUT2D eigenvalue weighted by molar-refractivity contribution is 5.64. The Morgan fingerprint density at radius 1 is 1.06 bits per heavy atom. The molecule has 1 heterocycles. The average Bonchev–Trinajstić information content (AvgIpc) is 2.38. The van der Waals surface area contributed by atoms with Gasteiger partial charge in [0.05, 0.1) is 5.69 Å². The molecule has 16 heavy (non-hydrogen) atoms. The van der Waals surface area contributed by atoms with Crippen LogP contribution in [0.25, 0.3) is 11.3 Å². The number of nitrogens with zero attached hydrogens (tertiary/aromatic N) is 1. The minimum atomic E-state index is 0.559. The second-order valence-electron chi connectivity index (χ2n) is 3.58. The van der Waals surface area contributed by atoms with Crippen LogP contribution in [0, 0.1) is 0 Å². The molecule has 2 aromatic rings. The van der Waals surface area contributed by atoms with Crippen LogP contribution in [-0.2, 0) is 11.2 Å². The molecule has 0 saturated heterocycles. The summed E-state index contributed by atoms with van der Waals surface area (Å²) in [5.41, 5.74) is 3.25. The van der Waals surface area contributed by atoms with E-state index in [2.05, 4.69) is 4.98 Å². The van der Waals surface area contributed by atoms with Crippen molar-refractivity contribution in [2.75, 3.05) is 0 Å². The third-order valence-corrected chi connectivity index (χ3v) is 2.49. The van der Waals surface area contributed by atoms with Gasteiger partial charge in [0.1, 0.15) is 6.29 Å². The Kier molecular flexibility index (Phi) is 3.44. The molecule has 0 bridgehead atoms. The molecule has 1 aromatic carbocycles. The second-order valence-corrected chi connectivity index (χ2v) is 3.58. The predicted molar refractivity (Wildman–Crippen MR) is 64.1 cm³/mol. The Hall–Kier alpha value is -1.96. The molecule has 0 saturated carbocycles. The third kappa shape index (κ3) is 2.34. The van der Waals surface area contributed by atoms with Crippen LogP contribution in [0.1, 0.15) is 12.0 Å². The van der Waals surface area contributed by atoms with E-state index in [0.717, 1.165) is 24.0 Å². The van der Waals surface area contributed by atoms with E-state index in [1.807, 2.05) is 42.5 Å². The highest BCUT2D eigenvalue weighted by Crippen LogP contribution is 2.22. The van der Waals surface area contributed by atoms with E-state index in [0.29, 0.717) is 6.42 Å². The Bertz CT molecular complexity index is 465. The van der Waals surface area contributed by atoms with E-state index in [4.69, 9.17) is 0 Å². The molecule has 0 aliphatic rings. The van der Waals surface area contributed by atoms with Crippen LogP contribution in [0.3, 0.4) is 0 Å². The quantitative estimate of drug-likeness (QED) is 0.728. The van der Waals surface area contributed by atoms with Crippen molar-refractivity contribution in [3.63, 3.8) is 0 Å². The summed E-state index contributed by atoms with van der Waals surface area (Å²) in [5.74, 6) is 0. The van der Waals surface area contributed by atoms with Crippen molar-refractivity contribution in [1.29, 1.82) is 0 Å².